The van der Waals surface area contributed by atoms with E-state index in [0.29, 0.717) is 33.4 Å². The van der Waals surface area contributed by atoms with Crippen LogP contribution in [0.1, 0.15) is 30.5 Å². The maximum Gasteiger partial charge on any atom is 0.165 e. The van der Waals surface area contributed by atoms with E-state index in [2.05, 4.69) is 79.1 Å². The van der Waals surface area contributed by atoms with Gasteiger partial charge in [-0.05, 0) is 47.8 Å². The summed E-state index contributed by atoms with van der Waals surface area (Å²) < 4.78 is 5.02. The molecule has 0 spiro atoms. The summed E-state index contributed by atoms with van der Waals surface area (Å²) in [7, 11) is 9.59. The second-order valence-corrected chi connectivity index (χ2v) is 15.5. The number of aromatic nitrogens is 3. The molecular formula is C38H32B5N3O3S. The van der Waals surface area contributed by atoms with Gasteiger partial charge in [-0.15, -0.1) is 11.3 Å². The van der Waals surface area contributed by atoms with E-state index in [0.717, 1.165) is 44.2 Å². The number of phenolic OH excluding ortho intramolecular Hbond substituents is 3. The second kappa shape index (κ2) is 10.2. The number of hydrogen-bond acceptors (Lipinski definition) is 6. The molecule has 0 saturated carbocycles. The molecule has 1 aliphatic rings. The van der Waals surface area contributed by atoms with Crippen LogP contribution in [0, 0.1) is 6.92 Å². The molecule has 6 nitrogen and oxygen atoms in total. The van der Waals surface area contributed by atoms with E-state index in [1.807, 2.05) is 49.6 Å². The van der Waals surface area contributed by atoms with Crippen LogP contribution in [0.4, 0.5) is 0 Å². The Labute approximate surface area is 297 Å². The first kappa shape index (κ1) is 30.9. The molecule has 3 aromatic heterocycles. The highest BCUT2D eigenvalue weighted by Crippen LogP contribution is 2.51. The maximum atomic E-state index is 11.6. The van der Waals surface area contributed by atoms with E-state index >= 15 is 0 Å². The van der Waals surface area contributed by atoms with E-state index in [1.54, 1.807) is 7.85 Å². The number of aromatic hydroxyl groups is 3. The van der Waals surface area contributed by atoms with Crippen LogP contribution in [0.25, 0.3) is 70.4 Å². The van der Waals surface area contributed by atoms with Crippen molar-refractivity contribution in [3.05, 3.63) is 77.4 Å². The van der Waals surface area contributed by atoms with Crippen LogP contribution in [-0.4, -0.2) is 69.1 Å². The zero-order chi connectivity index (χ0) is 35.1. The van der Waals surface area contributed by atoms with Crippen LogP contribution < -0.4 is 27.3 Å². The van der Waals surface area contributed by atoms with E-state index in [4.69, 9.17) is 9.97 Å². The van der Waals surface area contributed by atoms with Gasteiger partial charge in [0.2, 0.25) is 0 Å². The van der Waals surface area contributed by atoms with Crippen LogP contribution in [0.2, 0.25) is 0 Å². The van der Waals surface area contributed by atoms with Crippen molar-refractivity contribution < 1.29 is 15.3 Å². The average Bonchev–Trinajstić information content (AvgIpc) is 3.65. The van der Waals surface area contributed by atoms with Crippen LogP contribution in [0.15, 0.2) is 60.7 Å². The SMILES string of the molecule is Bc1c(C)c(B)c(-c2nc(-c3ccc4c(c3)C(C)(C)c3cccc5c6sc7ccccc7c6n-4c35)nc3c(B)c(B)c(B)c(O)c23)c(O)c1O. The third kappa shape index (κ3) is 3.80. The molecule has 0 atom stereocenters. The number of hydrogen-bond donors (Lipinski definition) is 3. The highest BCUT2D eigenvalue weighted by molar-refractivity contribution is 7.26. The van der Waals surface area contributed by atoms with E-state index in [1.165, 1.54) is 36.8 Å². The van der Waals surface area contributed by atoms with Crippen molar-refractivity contribution in [3.8, 4) is 45.6 Å². The molecule has 238 valence electrons. The first-order chi connectivity index (χ1) is 23.8. The summed E-state index contributed by atoms with van der Waals surface area (Å²) in [5, 5.41) is 37.1. The first-order valence-corrected chi connectivity index (χ1v) is 17.8. The van der Waals surface area contributed by atoms with Gasteiger partial charge >= 0.3 is 0 Å². The Morgan fingerprint density at radius 3 is 2.22 bits per heavy atom. The van der Waals surface area contributed by atoms with Crippen LogP contribution >= 0.6 is 11.3 Å². The molecule has 4 heterocycles. The van der Waals surface area contributed by atoms with Crippen LogP contribution in [-0.2, 0) is 5.41 Å². The minimum Gasteiger partial charge on any atom is -0.508 e. The van der Waals surface area contributed by atoms with Crippen molar-refractivity contribution >= 4 is 120 Å². The molecule has 3 N–H and O–H groups in total. The van der Waals surface area contributed by atoms with Gasteiger partial charge in [0.1, 0.15) is 45.0 Å². The van der Waals surface area contributed by atoms with Crippen molar-refractivity contribution in [2.24, 2.45) is 0 Å². The topological polar surface area (TPSA) is 91.4 Å². The summed E-state index contributed by atoms with van der Waals surface area (Å²) in [4.78, 5) is 10.3. The summed E-state index contributed by atoms with van der Waals surface area (Å²) >= 11 is 1.85. The Balaban J connectivity index is 1.37. The van der Waals surface area contributed by atoms with E-state index in [-0.39, 0.29) is 22.7 Å². The normalized spacial score (nSPS) is 13.5. The molecule has 1 aliphatic heterocycles. The molecule has 8 aromatic rings. The fourth-order valence-corrected chi connectivity index (χ4v) is 9.49. The minimum absolute atomic E-state index is 0.0768. The average molecular weight is 665 g/mol. The molecule has 0 bridgehead atoms. The molecular weight excluding hydrogens is 633 g/mol. The fraction of sp³-hybridized carbons (Fsp3) is 0.105. The van der Waals surface area contributed by atoms with E-state index in [9.17, 15) is 15.3 Å². The molecule has 0 fully saturated rings. The van der Waals surface area contributed by atoms with Gasteiger partial charge in [-0.3, -0.25) is 0 Å². The standard InChI is InChI=1S/C38H32B5N3O3S/c1-14-24(39)22(34(48)35(49)25(14)40)29-23-30(27(42)26(41)28(43)33(23)47)45-37(44-29)15-11-12-20-19(13-15)38(2,3)18-9-6-8-17-31(18)46(20)32-16-7-4-5-10-21(16)50-36(17)32/h4-13,47-49H,39-43H2,1-3H3. The third-order valence-electron chi connectivity index (χ3n) is 11.7. The van der Waals surface area contributed by atoms with Crippen molar-refractivity contribution in [1.29, 1.82) is 0 Å². The van der Waals surface area contributed by atoms with Crippen molar-refractivity contribution in [2.45, 2.75) is 26.2 Å². The molecule has 12 heteroatoms. The second-order valence-electron chi connectivity index (χ2n) is 14.5. The van der Waals surface area contributed by atoms with Gasteiger partial charge < -0.3 is 19.9 Å². The Hall–Kier alpha value is -5.08. The Morgan fingerprint density at radius 2 is 1.44 bits per heavy atom. The number of thiophene rings is 1. The van der Waals surface area contributed by atoms with Gasteiger partial charge in [0, 0.05) is 32.0 Å². The quantitative estimate of drug-likeness (QED) is 0.187. The summed E-state index contributed by atoms with van der Waals surface area (Å²) in [5.41, 5.74) is 12.8. The minimum atomic E-state index is -0.326. The largest absolute Gasteiger partial charge is 0.508 e. The number of nitrogens with zero attached hydrogens (tertiary/aromatic N) is 3. The fourth-order valence-electron chi connectivity index (χ4n) is 8.28. The van der Waals surface area contributed by atoms with Gasteiger partial charge in [-0.2, -0.15) is 0 Å². The number of phenols is 3. The Morgan fingerprint density at radius 1 is 0.700 bits per heavy atom. The number of benzene rings is 5. The highest BCUT2D eigenvalue weighted by atomic mass is 32.1. The predicted octanol–water partition coefficient (Wildman–Crippen LogP) is 0.632. The lowest BCUT2D eigenvalue weighted by molar-refractivity contribution is 0.408. The van der Waals surface area contributed by atoms with Gasteiger partial charge in [-0.1, -0.05) is 77.7 Å². The monoisotopic (exact) mass is 665 g/mol. The van der Waals surface area contributed by atoms with Crippen LogP contribution in [0.3, 0.4) is 0 Å². The summed E-state index contributed by atoms with van der Waals surface area (Å²) in [5.74, 6) is 0.124. The first-order valence-electron chi connectivity index (χ1n) is 17.0. The van der Waals surface area contributed by atoms with E-state index < -0.39 is 0 Å². The lowest BCUT2D eigenvalue weighted by atomic mass is 9.70. The van der Waals surface area contributed by atoms with Crippen molar-refractivity contribution in [1.82, 2.24) is 14.5 Å². The van der Waals surface area contributed by atoms with Crippen molar-refractivity contribution in [3.63, 3.8) is 0 Å². The molecule has 0 radical (unpaired) electrons. The smallest absolute Gasteiger partial charge is 0.165 e. The Kier molecular flexibility index (Phi) is 6.33. The lowest BCUT2D eigenvalue weighted by Crippen LogP contribution is -2.40. The highest BCUT2D eigenvalue weighted by Gasteiger charge is 2.36. The zero-order valence-corrected chi connectivity index (χ0v) is 30.2. The molecule has 50 heavy (non-hydrogen) atoms. The van der Waals surface area contributed by atoms with Crippen molar-refractivity contribution in [2.75, 3.05) is 0 Å². The predicted molar refractivity (Wildman–Crippen MR) is 223 cm³/mol. The van der Waals surface area contributed by atoms with Crippen LogP contribution in [0.5, 0.6) is 17.2 Å². The van der Waals surface area contributed by atoms with Gasteiger partial charge in [0.15, 0.2) is 17.3 Å². The number of para-hydroxylation sites is 1. The molecule has 0 amide bonds. The maximum absolute atomic E-state index is 11.6. The lowest BCUT2D eigenvalue weighted by Gasteiger charge is -2.35. The zero-order valence-electron chi connectivity index (χ0n) is 29.4. The summed E-state index contributed by atoms with van der Waals surface area (Å²) in [6.07, 6.45) is 0. The summed E-state index contributed by atoms with van der Waals surface area (Å²) in [6.45, 7) is 6.49. The molecule has 0 aliphatic carbocycles. The number of rotatable bonds is 2. The summed E-state index contributed by atoms with van der Waals surface area (Å²) in [6, 6.07) is 21.8. The van der Waals surface area contributed by atoms with Gasteiger partial charge in [0.05, 0.1) is 38.0 Å². The van der Waals surface area contributed by atoms with Gasteiger partial charge in [-0.25, -0.2) is 9.97 Å². The third-order valence-corrected chi connectivity index (χ3v) is 12.9. The van der Waals surface area contributed by atoms with Gasteiger partial charge in [0.25, 0.3) is 0 Å². The molecule has 0 unspecified atom stereocenters. The molecule has 9 rings (SSSR count). The molecule has 5 aromatic carbocycles. The number of fused-ring (bicyclic) bond motifs is 8. The molecule has 0 saturated heterocycles. The Bertz CT molecular complexity index is 2830.